The number of hydrogen-bond donors (Lipinski definition) is 0. The lowest BCUT2D eigenvalue weighted by molar-refractivity contribution is -0.0499. The van der Waals surface area contributed by atoms with Crippen LogP contribution >= 0.6 is 0 Å². The molecule has 0 radical (unpaired) electrons. The Hall–Kier alpha value is -1.69. The van der Waals surface area contributed by atoms with Crippen molar-refractivity contribution >= 4 is 10.0 Å². The molecule has 0 amide bonds. The van der Waals surface area contributed by atoms with E-state index in [0.717, 1.165) is 10.0 Å². The van der Waals surface area contributed by atoms with E-state index in [2.05, 4.69) is 0 Å². The highest BCUT2D eigenvalue weighted by atomic mass is 32.2. The van der Waals surface area contributed by atoms with Gasteiger partial charge in [-0.15, -0.1) is 0 Å². The minimum atomic E-state index is -3.62. The highest BCUT2D eigenvalue weighted by Crippen LogP contribution is 2.34. The third kappa shape index (κ3) is 2.35. The van der Waals surface area contributed by atoms with E-state index in [1.165, 1.54) is 0 Å². The minimum Gasteiger partial charge on any atom is -0.283 e. The number of nitrogens with zero attached hydrogens (tertiary/aromatic N) is 1. The molecule has 1 fully saturated rings. The van der Waals surface area contributed by atoms with Crippen molar-refractivity contribution in [3.63, 3.8) is 0 Å². The van der Waals surface area contributed by atoms with E-state index in [9.17, 15) is 8.42 Å². The molecule has 0 N–H and O–H groups in total. The molecule has 104 valence electrons. The number of benzene rings is 2. The van der Waals surface area contributed by atoms with Crippen LogP contribution in [0.3, 0.4) is 0 Å². The second-order valence-corrected chi connectivity index (χ2v) is 6.40. The highest BCUT2D eigenvalue weighted by Gasteiger charge is 2.37. The van der Waals surface area contributed by atoms with Crippen LogP contribution < -0.4 is 0 Å². The quantitative estimate of drug-likeness (QED) is 0.873. The van der Waals surface area contributed by atoms with Crippen LogP contribution in [0.15, 0.2) is 65.6 Å². The van der Waals surface area contributed by atoms with Gasteiger partial charge in [0.1, 0.15) is 0 Å². The van der Waals surface area contributed by atoms with Crippen molar-refractivity contribution in [1.29, 1.82) is 0 Å². The zero-order chi connectivity index (χ0) is 14.0. The zero-order valence-electron chi connectivity index (χ0n) is 10.8. The fraction of sp³-hybridized carbons (Fsp3) is 0.200. The van der Waals surface area contributed by atoms with Crippen molar-refractivity contribution in [2.45, 2.75) is 17.4 Å². The molecule has 2 aromatic carbocycles. The van der Waals surface area contributed by atoms with E-state index in [1.807, 2.05) is 30.3 Å². The van der Waals surface area contributed by atoms with Crippen molar-refractivity contribution in [2.24, 2.45) is 0 Å². The van der Waals surface area contributed by atoms with E-state index in [1.54, 1.807) is 30.3 Å². The van der Waals surface area contributed by atoms with Crippen molar-refractivity contribution < 1.29 is 13.3 Å². The van der Waals surface area contributed by atoms with Gasteiger partial charge >= 0.3 is 0 Å². The fourth-order valence-corrected chi connectivity index (χ4v) is 3.83. The molecule has 1 aliphatic heterocycles. The topological polar surface area (TPSA) is 46.6 Å². The van der Waals surface area contributed by atoms with E-state index < -0.39 is 10.0 Å². The number of hydroxylamine groups is 1. The Bertz CT molecular complexity index is 671. The molecule has 0 spiro atoms. The lowest BCUT2D eigenvalue weighted by Gasteiger charge is -2.22. The third-order valence-corrected chi connectivity index (χ3v) is 5.03. The summed E-state index contributed by atoms with van der Waals surface area (Å²) in [6.45, 7) is 0.408. The smallest absolute Gasteiger partial charge is 0.265 e. The predicted molar refractivity (Wildman–Crippen MR) is 75.2 cm³/mol. The van der Waals surface area contributed by atoms with Crippen molar-refractivity contribution in [2.75, 3.05) is 6.61 Å². The average molecular weight is 289 g/mol. The Balaban J connectivity index is 1.97. The Morgan fingerprint density at radius 3 is 2.20 bits per heavy atom. The van der Waals surface area contributed by atoms with Gasteiger partial charge < -0.3 is 0 Å². The number of sulfonamides is 1. The summed E-state index contributed by atoms with van der Waals surface area (Å²) in [5.74, 6) is 0. The fourth-order valence-electron chi connectivity index (χ4n) is 2.35. The van der Waals surface area contributed by atoms with Crippen LogP contribution in [0, 0.1) is 0 Å². The highest BCUT2D eigenvalue weighted by molar-refractivity contribution is 7.89. The van der Waals surface area contributed by atoms with Crippen molar-refractivity contribution in [1.82, 2.24) is 4.47 Å². The largest absolute Gasteiger partial charge is 0.283 e. The summed E-state index contributed by atoms with van der Waals surface area (Å²) >= 11 is 0. The molecule has 5 heteroatoms. The maximum absolute atomic E-state index is 12.6. The van der Waals surface area contributed by atoms with Crippen LogP contribution in [0.1, 0.15) is 18.0 Å². The molecule has 1 saturated heterocycles. The van der Waals surface area contributed by atoms with Gasteiger partial charge in [0.2, 0.25) is 0 Å². The molecule has 0 aromatic heterocycles. The third-order valence-electron chi connectivity index (χ3n) is 3.33. The molecule has 20 heavy (non-hydrogen) atoms. The monoisotopic (exact) mass is 289 g/mol. The average Bonchev–Trinajstić information content (AvgIpc) is 2.99. The van der Waals surface area contributed by atoms with E-state index in [4.69, 9.17) is 4.84 Å². The molecule has 0 bridgehead atoms. The Labute approximate surface area is 118 Å². The SMILES string of the molecule is O=S(=O)(c1ccccc1)N1OCC[C@H]1c1ccccc1. The zero-order valence-corrected chi connectivity index (χ0v) is 11.7. The summed E-state index contributed by atoms with van der Waals surface area (Å²) in [6.07, 6.45) is 0.663. The number of rotatable bonds is 3. The second kappa shape index (κ2) is 5.36. The van der Waals surface area contributed by atoms with Crippen LogP contribution in [0.5, 0.6) is 0 Å². The predicted octanol–water partition coefficient (Wildman–Crippen LogP) is 2.75. The van der Waals surface area contributed by atoms with Crippen LogP contribution in [0.2, 0.25) is 0 Å². The maximum Gasteiger partial charge on any atom is 0.265 e. The van der Waals surface area contributed by atoms with Crippen LogP contribution in [-0.2, 0) is 14.9 Å². The maximum atomic E-state index is 12.6. The second-order valence-electron chi connectivity index (χ2n) is 4.62. The molecule has 1 heterocycles. The minimum absolute atomic E-state index is 0.253. The van der Waals surface area contributed by atoms with Gasteiger partial charge in [0.15, 0.2) is 0 Å². The van der Waals surface area contributed by atoms with Crippen LogP contribution in [0.25, 0.3) is 0 Å². The molecule has 3 rings (SSSR count). The summed E-state index contributed by atoms with van der Waals surface area (Å²) in [5, 5.41) is 0. The number of hydrogen-bond acceptors (Lipinski definition) is 3. The first-order chi connectivity index (χ1) is 9.69. The van der Waals surface area contributed by atoms with Gasteiger partial charge in [0.05, 0.1) is 17.5 Å². The van der Waals surface area contributed by atoms with E-state index in [0.29, 0.717) is 13.0 Å². The first-order valence-corrected chi connectivity index (χ1v) is 7.91. The Morgan fingerprint density at radius 2 is 1.55 bits per heavy atom. The van der Waals surface area contributed by atoms with Gasteiger partial charge in [-0.3, -0.25) is 4.84 Å². The molecule has 0 unspecified atom stereocenters. The van der Waals surface area contributed by atoms with E-state index >= 15 is 0 Å². The van der Waals surface area contributed by atoms with Gasteiger partial charge in [0, 0.05) is 0 Å². The first kappa shape index (κ1) is 13.3. The van der Waals surface area contributed by atoms with Gasteiger partial charge in [0.25, 0.3) is 10.0 Å². The summed E-state index contributed by atoms with van der Waals surface area (Å²) in [7, 11) is -3.62. The van der Waals surface area contributed by atoms with Gasteiger partial charge in [-0.1, -0.05) is 53.0 Å². The lowest BCUT2D eigenvalue weighted by atomic mass is 10.1. The summed E-state index contributed by atoms with van der Waals surface area (Å²) in [5.41, 5.74) is 0.949. The van der Waals surface area contributed by atoms with Crippen LogP contribution in [-0.4, -0.2) is 19.5 Å². The Kier molecular flexibility index (Phi) is 3.56. The molecule has 1 atom stereocenters. The molecule has 4 nitrogen and oxygen atoms in total. The Morgan fingerprint density at radius 1 is 0.950 bits per heavy atom. The van der Waals surface area contributed by atoms with Crippen molar-refractivity contribution in [3.8, 4) is 0 Å². The van der Waals surface area contributed by atoms with Crippen LogP contribution in [0.4, 0.5) is 0 Å². The summed E-state index contributed by atoms with van der Waals surface area (Å²) in [4.78, 5) is 5.64. The van der Waals surface area contributed by atoms with Gasteiger partial charge in [-0.2, -0.15) is 0 Å². The summed E-state index contributed by atoms with van der Waals surface area (Å²) < 4.78 is 26.4. The van der Waals surface area contributed by atoms with Crippen molar-refractivity contribution in [3.05, 3.63) is 66.2 Å². The molecular formula is C15H15NO3S. The van der Waals surface area contributed by atoms with E-state index in [-0.39, 0.29) is 10.9 Å². The molecule has 0 aliphatic carbocycles. The molecule has 0 saturated carbocycles. The lowest BCUT2D eigenvalue weighted by Crippen LogP contribution is -2.29. The molecule has 1 aliphatic rings. The summed E-state index contributed by atoms with van der Waals surface area (Å²) in [6, 6.07) is 17.7. The van der Waals surface area contributed by atoms with Gasteiger partial charge in [-0.05, 0) is 24.1 Å². The normalized spacial score (nSPS) is 20.1. The van der Waals surface area contributed by atoms with Gasteiger partial charge in [-0.25, -0.2) is 8.42 Å². The first-order valence-electron chi connectivity index (χ1n) is 6.47. The molecule has 2 aromatic rings. The molecular weight excluding hydrogens is 274 g/mol. The standard InChI is InChI=1S/C15H15NO3S/c17-20(18,14-9-5-2-6-10-14)16-15(11-12-19-16)13-7-3-1-4-8-13/h1-10,15H,11-12H2/t15-/m0/s1.